The first-order chi connectivity index (χ1) is 14.6. The summed E-state index contributed by atoms with van der Waals surface area (Å²) in [6.07, 6.45) is 4.23. The van der Waals surface area contributed by atoms with Crippen molar-refractivity contribution in [3.05, 3.63) is 59.2 Å². The van der Waals surface area contributed by atoms with Gasteiger partial charge < -0.3 is 14.8 Å². The molecule has 1 atom stereocenters. The number of nitrogens with zero attached hydrogens (tertiary/aromatic N) is 2. The Hall–Kier alpha value is -2.80. The molecule has 1 heterocycles. The van der Waals surface area contributed by atoms with Crippen LogP contribution in [0.2, 0.25) is 0 Å². The molecule has 1 saturated heterocycles. The van der Waals surface area contributed by atoms with Crippen LogP contribution in [0.1, 0.15) is 37.0 Å². The molecule has 6 nitrogen and oxygen atoms in total. The fourth-order valence-corrected chi connectivity index (χ4v) is 3.92. The third-order valence-electron chi connectivity index (χ3n) is 4.63. The highest BCUT2D eigenvalue weighted by Gasteiger charge is 2.30. The normalized spacial score (nSPS) is 17.5. The maximum absolute atomic E-state index is 12.3. The van der Waals surface area contributed by atoms with Crippen LogP contribution < -0.4 is 14.8 Å². The third kappa shape index (κ3) is 5.86. The molecule has 30 heavy (non-hydrogen) atoms. The van der Waals surface area contributed by atoms with E-state index in [1.807, 2.05) is 18.2 Å². The average Bonchev–Trinajstić information content (AvgIpc) is 3.12. The molecule has 3 rings (SSSR count). The summed E-state index contributed by atoms with van der Waals surface area (Å²) >= 11 is 1.41. The molecule has 1 N–H and O–H groups in total. The zero-order valence-electron chi connectivity index (χ0n) is 17.6. The van der Waals surface area contributed by atoms with Crippen molar-refractivity contribution in [2.45, 2.75) is 38.4 Å². The number of hydrogen-bond donors (Lipinski definition) is 1. The smallest absolute Gasteiger partial charge is 0.239 e. The third-order valence-corrected chi connectivity index (χ3v) is 5.71. The van der Waals surface area contributed by atoms with Gasteiger partial charge in [-0.1, -0.05) is 49.9 Å². The zero-order valence-corrected chi connectivity index (χ0v) is 18.4. The highest BCUT2D eigenvalue weighted by atomic mass is 32.2. The van der Waals surface area contributed by atoms with Crippen LogP contribution in [0.25, 0.3) is 0 Å². The minimum Gasteiger partial charge on any atom is -0.493 e. The summed E-state index contributed by atoms with van der Waals surface area (Å²) in [5, 5.41) is 11.4. The van der Waals surface area contributed by atoms with E-state index in [9.17, 15) is 4.79 Å². The van der Waals surface area contributed by atoms with E-state index >= 15 is 0 Å². The molecular weight excluding hydrogens is 398 g/mol. The summed E-state index contributed by atoms with van der Waals surface area (Å²) in [7, 11) is 1.61. The quantitative estimate of drug-likeness (QED) is 0.483. The summed E-state index contributed by atoms with van der Waals surface area (Å²) in [4.78, 5) is 12.3. The van der Waals surface area contributed by atoms with Crippen LogP contribution in [0.4, 0.5) is 0 Å². The van der Waals surface area contributed by atoms with E-state index < -0.39 is 0 Å². The predicted molar refractivity (Wildman–Crippen MR) is 123 cm³/mol. The topological polar surface area (TPSA) is 72.3 Å². The number of amidine groups is 1. The summed E-state index contributed by atoms with van der Waals surface area (Å²) in [5.74, 6) is 1.32. The number of ether oxygens (including phenoxy) is 2. The Morgan fingerprint density at radius 3 is 2.57 bits per heavy atom. The SMILES string of the molecule is CCCOc1ccc(/C=N\N=C2\NC(=O)[C@H](Cc3ccc(CC)cc3)S2)cc1OC. The van der Waals surface area contributed by atoms with Crippen molar-refractivity contribution >= 4 is 29.1 Å². The second-order valence-electron chi connectivity index (χ2n) is 6.88. The second-order valence-corrected chi connectivity index (χ2v) is 8.07. The maximum Gasteiger partial charge on any atom is 0.239 e. The minimum atomic E-state index is -0.193. The molecule has 158 valence electrons. The monoisotopic (exact) mass is 425 g/mol. The van der Waals surface area contributed by atoms with Gasteiger partial charge in [0.1, 0.15) is 0 Å². The van der Waals surface area contributed by atoms with Crippen molar-refractivity contribution < 1.29 is 14.3 Å². The number of carbonyl (C=O) groups excluding carboxylic acids is 1. The molecular formula is C23H27N3O3S. The zero-order chi connectivity index (χ0) is 21.3. The first kappa shape index (κ1) is 21.9. The Morgan fingerprint density at radius 1 is 1.10 bits per heavy atom. The van der Waals surface area contributed by atoms with Crippen LogP contribution >= 0.6 is 11.8 Å². The van der Waals surface area contributed by atoms with Gasteiger partial charge >= 0.3 is 0 Å². The minimum absolute atomic E-state index is 0.0346. The Kier molecular flexibility index (Phi) is 7.90. The van der Waals surface area contributed by atoms with E-state index in [0.717, 1.165) is 24.0 Å². The number of nitrogens with one attached hydrogen (secondary N) is 1. The molecule has 1 amide bonds. The van der Waals surface area contributed by atoms with E-state index in [0.29, 0.717) is 29.7 Å². The van der Waals surface area contributed by atoms with E-state index in [1.165, 1.54) is 17.3 Å². The van der Waals surface area contributed by atoms with Crippen LogP contribution in [0.5, 0.6) is 11.5 Å². The lowest BCUT2D eigenvalue weighted by atomic mass is 10.1. The molecule has 0 aromatic heterocycles. The summed E-state index contributed by atoms with van der Waals surface area (Å²) < 4.78 is 11.0. The first-order valence-electron chi connectivity index (χ1n) is 10.1. The average molecular weight is 426 g/mol. The molecule has 2 aromatic carbocycles. The molecule has 2 aromatic rings. The van der Waals surface area contributed by atoms with Gasteiger partial charge in [0.15, 0.2) is 16.7 Å². The Bertz CT molecular complexity index is 926. The fraction of sp³-hybridized carbons (Fsp3) is 0.348. The van der Waals surface area contributed by atoms with Crippen LogP contribution in [0.3, 0.4) is 0 Å². The molecule has 1 aliphatic rings. The predicted octanol–water partition coefficient (Wildman–Crippen LogP) is 4.21. The fourth-order valence-electron chi connectivity index (χ4n) is 2.96. The highest BCUT2D eigenvalue weighted by molar-refractivity contribution is 8.15. The number of amides is 1. The van der Waals surface area contributed by atoms with E-state index in [4.69, 9.17) is 9.47 Å². The van der Waals surface area contributed by atoms with Crippen LogP contribution in [-0.2, 0) is 17.6 Å². The van der Waals surface area contributed by atoms with Gasteiger partial charge in [-0.2, -0.15) is 5.10 Å². The molecule has 0 unspecified atom stereocenters. The number of rotatable bonds is 9. The van der Waals surface area contributed by atoms with Crippen LogP contribution in [0, 0.1) is 0 Å². The lowest BCUT2D eigenvalue weighted by Crippen LogP contribution is -2.25. The van der Waals surface area contributed by atoms with Gasteiger partial charge in [-0.05, 0) is 54.2 Å². The molecule has 0 aliphatic carbocycles. The van der Waals surface area contributed by atoms with E-state index in [1.54, 1.807) is 13.3 Å². The number of hydrogen-bond acceptors (Lipinski definition) is 6. The van der Waals surface area contributed by atoms with Crippen LogP contribution in [-0.4, -0.2) is 36.3 Å². The van der Waals surface area contributed by atoms with Crippen molar-refractivity contribution in [1.82, 2.24) is 5.32 Å². The Morgan fingerprint density at radius 2 is 1.87 bits per heavy atom. The van der Waals surface area contributed by atoms with Crippen molar-refractivity contribution in [1.29, 1.82) is 0 Å². The Labute approximate surface area is 181 Å². The molecule has 1 fully saturated rings. The van der Waals surface area contributed by atoms with E-state index in [2.05, 4.69) is 53.6 Å². The van der Waals surface area contributed by atoms with Gasteiger partial charge in [-0.25, -0.2) is 0 Å². The number of benzene rings is 2. The number of methoxy groups -OCH3 is 1. The molecule has 7 heteroatoms. The number of carbonyl (C=O) groups is 1. The Balaban J connectivity index is 1.60. The molecule has 0 bridgehead atoms. The highest BCUT2D eigenvalue weighted by Crippen LogP contribution is 2.28. The molecule has 0 radical (unpaired) electrons. The van der Waals surface area contributed by atoms with Crippen molar-refractivity contribution in [3.63, 3.8) is 0 Å². The second kappa shape index (κ2) is 10.8. The van der Waals surface area contributed by atoms with Crippen LogP contribution in [0.15, 0.2) is 52.7 Å². The maximum atomic E-state index is 12.3. The van der Waals surface area contributed by atoms with E-state index in [-0.39, 0.29) is 11.2 Å². The van der Waals surface area contributed by atoms with Crippen molar-refractivity contribution in [2.24, 2.45) is 10.2 Å². The molecule has 0 saturated carbocycles. The lowest BCUT2D eigenvalue weighted by molar-refractivity contribution is -0.118. The van der Waals surface area contributed by atoms with Gasteiger partial charge in [0.05, 0.1) is 25.2 Å². The largest absolute Gasteiger partial charge is 0.493 e. The van der Waals surface area contributed by atoms with Crippen molar-refractivity contribution in [3.8, 4) is 11.5 Å². The van der Waals surface area contributed by atoms with Gasteiger partial charge in [0.25, 0.3) is 0 Å². The number of thioether (sulfide) groups is 1. The lowest BCUT2D eigenvalue weighted by Gasteiger charge is -2.10. The first-order valence-corrected chi connectivity index (χ1v) is 11.0. The van der Waals surface area contributed by atoms with Gasteiger partial charge in [0, 0.05) is 0 Å². The van der Waals surface area contributed by atoms with Crippen molar-refractivity contribution in [2.75, 3.05) is 13.7 Å². The van der Waals surface area contributed by atoms with Gasteiger partial charge in [-0.3, -0.25) is 4.79 Å². The number of aryl methyl sites for hydroxylation is 1. The van der Waals surface area contributed by atoms with Gasteiger partial charge in [-0.15, -0.1) is 5.10 Å². The summed E-state index contributed by atoms with van der Waals surface area (Å²) in [5.41, 5.74) is 3.27. The standard InChI is InChI=1S/C23H27N3O3S/c1-4-12-29-19-11-10-18(13-20(19)28-3)15-24-26-23-25-22(27)21(30-23)14-17-8-6-16(5-2)7-9-17/h6-11,13,15,21H,4-5,12,14H2,1-3H3,(H,25,26,27)/b24-15-/t21-/m0/s1. The summed E-state index contributed by atoms with van der Waals surface area (Å²) in [6.45, 7) is 4.82. The van der Waals surface area contributed by atoms with Gasteiger partial charge in [0.2, 0.25) is 5.91 Å². The summed E-state index contributed by atoms with van der Waals surface area (Å²) in [6, 6.07) is 14.0. The molecule has 1 aliphatic heterocycles. The molecule has 0 spiro atoms.